The van der Waals surface area contributed by atoms with E-state index in [1.165, 1.54) is 13.2 Å². The van der Waals surface area contributed by atoms with Gasteiger partial charge in [-0.25, -0.2) is 0 Å². The molecule has 0 saturated carbocycles. The summed E-state index contributed by atoms with van der Waals surface area (Å²) in [5.41, 5.74) is 0.725. The number of hydrogen-bond acceptors (Lipinski definition) is 4. The molecule has 3 N–H and O–H groups in total. The molecule has 5 heteroatoms. The highest BCUT2D eigenvalue weighted by Gasteiger charge is 2.10. The SMILES string of the molecule is COc1cc(C(O)CNC(C)C)ccc1O.[Cl-].[H+]. The van der Waals surface area contributed by atoms with Crippen molar-refractivity contribution in [2.24, 2.45) is 0 Å². The molecule has 0 fully saturated rings. The van der Waals surface area contributed by atoms with E-state index in [-0.39, 0.29) is 19.6 Å². The van der Waals surface area contributed by atoms with E-state index in [2.05, 4.69) is 5.32 Å². The van der Waals surface area contributed by atoms with Crippen LogP contribution in [0.2, 0.25) is 0 Å². The zero-order chi connectivity index (χ0) is 12.1. The molecule has 98 valence electrons. The third-order valence-corrected chi connectivity index (χ3v) is 2.31. The van der Waals surface area contributed by atoms with Gasteiger partial charge in [-0.2, -0.15) is 0 Å². The van der Waals surface area contributed by atoms with Gasteiger partial charge in [0.2, 0.25) is 0 Å². The number of rotatable bonds is 5. The van der Waals surface area contributed by atoms with Crippen LogP contribution in [0.4, 0.5) is 0 Å². The third kappa shape index (κ3) is 4.81. The maximum Gasteiger partial charge on any atom is 1.00 e. The van der Waals surface area contributed by atoms with E-state index in [1.807, 2.05) is 13.8 Å². The summed E-state index contributed by atoms with van der Waals surface area (Å²) in [7, 11) is 1.48. The number of aromatic hydroxyl groups is 1. The summed E-state index contributed by atoms with van der Waals surface area (Å²) in [5, 5.41) is 22.4. The molecule has 0 aliphatic rings. The van der Waals surface area contributed by atoms with Crippen molar-refractivity contribution >= 4 is 0 Å². The first-order chi connectivity index (χ1) is 7.54. The van der Waals surface area contributed by atoms with Gasteiger partial charge in [0.1, 0.15) is 0 Å². The van der Waals surface area contributed by atoms with Crippen LogP contribution in [0.5, 0.6) is 11.5 Å². The lowest BCUT2D eigenvalue weighted by Gasteiger charge is -2.15. The standard InChI is InChI=1S/C12H19NO3.ClH/c1-8(2)13-7-11(15)9-4-5-10(14)12(6-9)16-3;/h4-6,8,11,13-15H,7H2,1-3H3;1H. The summed E-state index contributed by atoms with van der Waals surface area (Å²) < 4.78 is 4.98. The first-order valence-corrected chi connectivity index (χ1v) is 5.33. The van der Waals surface area contributed by atoms with E-state index in [4.69, 9.17) is 4.74 Å². The van der Waals surface area contributed by atoms with E-state index >= 15 is 0 Å². The molecule has 0 aromatic heterocycles. The molecule has 0 aliphatic heterocycles. The minimum Gasteiger partial charge on any atom is -1.00 e. The maximum absolute atomic E-state index is 9.88. The van der Waals surface area contributed by atoms with Gasteiger partial charge < -0.3 is 32.7 Å². The van der Waals surface area contributed by atoms with Crippen LogP contribution in [-0.4, -0.2) is 29.9 Å². The second-order valence-electron chi connectivity index (χ2n) is 4.01. The number of benzene rings is 1. The molecule has 0 radical (unpaired) electrons. The highest BCUT2D eigenvalue weighted by molar-refractivity contribution is 5.42. The highest BCUT2D eigenvalue weighted by atomic mass is 35.5. The predicted octanol–water partition coefficient (Wildman–Crippen LogP) is -1.45. The van der Waals surface area contributed by atoms with Gasteiger partial charge in [-0.3, -0.25) is 0 Å². The second-order valence-corrected chi connectivity index (χ2v) is 4.01. The molecule has 0 amide bonds. The van der Waals surface area contributed by atoms with Crippen LogP contribution in [0.1, 0.15) is 26.9 Å². The Bertz CT molecular complexity index is 350. The second kappa shape index (κ2) is 7.37. The zero-order valence-corrected chi connectivity index (χ0v) is 11.0. The van der Waals surface area contributed by atoms with Crippen molar-refractivity contribution in [3.8, 4) is 11.5 Å². The smallest absolute Gasteiger partial charge is 1.00 e. The quantitative estimate of drug-likeness (QED) is 0.607. The minimum absolute atomic E-state index is 0. The molecule has 4 nitrogen and oxygen atoms in total. The molecule has 1 unspecified atom stereocenters. The summed E-state index contributed by atoms with van der Waals surface area (Å²) >= 11 is 0. The summed E-state index contributed by atoms with van der Waals surface area (Å²) in [6, 6.07) is 5.17. The normalized spacial score (nSPS) is 12.1. The Labute approximate surface area is 110 Å². The fraction of sp³-hybridized carbons (Fsp3) is 0.500. The van der Waals surface area contributed by atoms with Crippen molar-refractivity contribution in [3.63, 3.8) is 0 Å². The molecular formula is C12H20ClNO3. The van der Waals surface area contributed by atoms with Crippen molar-refractivity contribution in [2.45, 2.75) is 26.0 Å². The number of aliphatic hydroxyl groups excluding tert-OH is 1. The highest BCUT2D eigenvalue weighted by Crippen LogP contribution is 2.28. The number of phenolic OH excluding ortho intramolecular Hbond substituents is 1. The van der Waals surface area contributed by atoms with E-state index in [0.29, 0.717) is 18.3 Å². The predicted molar refractivity (Wildman–Crippen MR) is 63.9 cm³/mol. The Hall–Kier alpha value is -0.970. The van der Waals surface area contributed by atoms with Crippen molar-refractivity contribution < 1.29 is 28.8 Å². The number of aliphatic hydroxyl groups is 1. The molecule has 0 spiro atoms. The van der Waals surface area contributed by atoms with Gasteiger partial charge in [-0.15, -0.1) is 0 Å². The van der Waals surface area contributed by atoms with Gasteiger partial charge in [0.05, 0.1) is 13.2 Å². The average molecular weight is 262 g/mol. The van der Waals surface area contributed by atoms with E-state index in [9.17, 15) is 10.2 Å². The van der Waals surface area contributed by atoms with Gasteiger partial charge in [-0.1, -0.05) is 19.9 Å². The van der Waals surface area contributed by atoms with Gasteiger partial charge in [0, 0.05) is 12.6 Å². The molecule has 0 aliphatic carbocycles. The van der Waals surface area contributed by atoms with Crippen LogP contribution in [0.3, 0.4) is 0 Å². The number of nitrogens with one attached hydrogen (secondary N) is 1. The Morgan fingerprint density at radius 3 is 2.59 bits per heavy atom. The number of methoxy groups -OCH3 is 1. The molecule has 1 aromatic carbocycles. The largest absolute Gasteiger partial charge is 1.00 e. The van der Waals surface area contributed by atoms with Gasteiger partial charge in [0.25, 0.3) is 0 Å². The lowest BCUT2D eigenvalue weighted by atomic mass is 10.1. The Morgan fingerprint density at radius 1 is 1.41 bits per heavy atom. The maximum atomic E-state index is 9.88. The summed E-state index contributed by atoms with van der Waals surface area (Å²) in [6.45, 7) is 4.51. The van der Waals surface area contributed by atoms with E-state index < -0.39 is 6.10 Å². The van der Waals surface area contributed by atoms with Crippen molar-refractivity contribution in [3.05, 3.63) is 23.8 Å². The monoisotopic (exact) mass is 261 g/mol. The number of ether oxygens (including phenoxy) is 1. The lowest BCUT2D eigenvalue weighted by molar-refractivity contribution is -0.00000627. The number of hydrogen-bond donors (Lipinski definition) is 3. The van der Waals surface area contributed by atoms with Gasteiger partial charge in [0.15, 0.2) is 11.5 Å². The number of halogens is 1. The fourth-order valence-electron chi connectivity index (χ4n) is 1.37. The Balaban J connectivity index is 0. The number of phenols is 1. The molecule has 1 aromatic rings. The molecule has 0 saturated heterocycles. The van der Waals surface area contributed by atoms with Crippen LogP contribution >= 0.6 is 0 Å². The molecule has 1 rings (SSSR count). The average Bonchev–Trinajstić information content (AvgIpc) is 2.26. The van der Waals surface area contributed by atoms with Gasteiger partial charge in [-0.05, 0) is 17.7 Å². The topological polar surface area (TPSA) is 61.7 Å². The first-order valence-electron chi connectivity index (χ1n) is 5.33. The van der Waals surface area contributed by atoms with Crippen LogP contribution in [0.15, 0.2) is 18.2 Å². The van der Waals surface area contributed by atoms with Crippen LogP contribution in [0.25, 0.3) is 0 Å². The van der Waals surface area contributed by atoms with Crippen molar-refractivity contribution in [2.75, 3.05) is 13.7 Å². The molecular weight excluding hydrogens is 242 g/mol. The molecule has 0 heterocycles. The van der Waals surface area contributed by atoms with Crippen molar-refractivity contribution in [1.82, 2.24) is 5.32 Å². The lowest BCUT2D eigenvalue weighted by Crippen LogP contribution is -3.00. The molecule has 0 bridgehead atoms. The zero-order valence-electron chi connectivity index (χ0n) is 11.3. The van der Waals surface area contributed by atoms with Crippen molar-refractivity contribution in [1.29, 1.82) is 0 Å². The Kier molecular flexibility index (Phi) is 6.95. The molecule has 1 atom stereocenters. The first kappa shape index (κ1) is 16.0. The summed E-state index contributed by atoms with van der Waals surface area (Å²) in [5.74, 6) is 0.455. The third-order valence-electron chi connectivity index (χ3n) is 2.31. The Morgan fingerprint density at radius 2 is 2.06 bits per heavy atom. The van der Waals surface area contributed by atoms with Crippen LogP contribution in [-0.2, 0) is 0 Å². The summed E-state index contributed by atoms with van der Waals surface area (Å²) in [6.07, 6.45) is -0.600. The van der Waals surface area contributed by atoms with Crippen LogP contribution < -0.4 is 22.5 Å². The van der Waals surface area contributed by atoms with E-state index in [1.54, 1.807) is 12.1 Å². The van der Waals surface area contributed by atoms with E-state index in [0.717, 1.165) is 5.56 Å². The molecule has 17 heavy (non-hydrogen) atoms. The minimum atomic E-state index is -0.600. The van der Waals surface area contributed by atoms with Crippen LogP contribution in [0, 0.1) is 0 Å². The summed E-state index contributed by atoms with van der Waals surface area (Å²) in [4.78, 5) is 0. The van der Waals surface area contributed by atoms with Gasteiger partial charge >= 0.3 is 1.43 Å². The fourth-order valence-corrected chi connectivity index (χ4v) is 1.37.